The Hall–Kier alpha value is -3.23. The topological polar surface area (TPSA) is 42.0 Å². The largest absolute Gasteiger partial charge is 0.317 e. The fraction of sp³-hybridized carbons (Fsp3) is 0.0435. The lowest BCUT2D eigenvalue weighted by atomic mass is 9.97. The number of anilines is 1. The highest BCUT2D eigenvalue weighted by molar-refractivity contribution is 6.36. The molecule has 0 saturated carbocycles. The van der Waals surface area contributed by atoms with Crippen LogP contribution >= 0.6 is 23.2 Å². The summed E-state index contributed by atoms with van der Waals surface area (Å²) in [5, 5.41) is 2.72. The molecule has 1 aromatic heterocycles. The highest BCUT2D eigenvalue weighted by atomic mass is 35.5. The van der Waals surface area contributed by atoms with E-state index < -0.39 is 40.7 Å². The van der Waals surface area contributed by atoms with E-state index in [1.165, 1.54) is 19.1 Å². The standard InChI is InChI=1S/C23H11Cl2F5N2O/c1-9-15(23(33)32-22-19(29)17(27)16(26)18(28)20(22)30)12-4-2-3-5-14(12)31-21(9)11-7-6-10(24)8-13(11)25/h2-8H,1H3,(H,32,33). The van der Waals surface area contributed by atoms with Crippen molar-refractivity contribution < 1.29 is 26.7 Å². The van der Waals surface area contributed by atoms with E-state index in [-0.39, 0.29) is 21.8 Å². The number of amides is 1. The molecule has 0 atom stereocenters. The van der Waals surface area contributed by atoms with Gasteiger partial charge in [0.15, 0.2) is 23.3 Å². The van der Waals surface area contributed by atoms with Gasteiger partial charge in [0.05, 0.1) is 21.8 Å². The smallest absolute Gasteiger partial charge is 0.256 e. The van der Waals surface area contributed by atoms with Crippen molar-refractivity contribution >= 4 is 45.7 Å². The molecular weight excluding hydrogens is 486 g/mol. The molecule has 1 heterocycles. The molecule has 0 radical (unpaired) electrons. The van der Waals surface area contributed by atoms with E-state index >= 15 is 0 Å². The lowest BCUT2D eigenvalue weighted by Crippen LogP contribution is -2.19. The number of pyridine rings is 1. The quantitative estimate of drug-likeness (QED) is 0.181. The van der Waals surface area contributed by atoms with Gasteiger partial charge in [-0.1, -0.05) is 41.4 Å². The minimum absolute atomic E-state index is 0.0782. The first-order valence-electron chi connectivity index (χ1n) is 9.29. The van der Waals surface area contributed by atoms with Gasteiger partial charge < -0.3 is 5.32 Å². The molecule has 3 nitrogen and oxygen atoms in total. The predicted molar refractivity (Wildman–Crippen MR) is 116 cm³/mol. The maximum absolute atomic E-state index is 14.2. The van der Waals surface area contributed by atoms with Gasteiger partial charge in [0.25, 0.3) is 5.91 Å². The van der Waals surface area contributed by atoms with E-state index in [9.17, 15) is 26.7 Å². The molecule has 0 fully saturated rings. The molecule has 4 rings (SSSR count). The van der Waals surface area contributed by atoms with Crippen LogP contribution in [0.4, 0.5) is 27.6 Å². The van der Waals surface area contributed by atoms with Crippen LogP contribution in [0.3, 0.4) is 0 Å². The fourth-order valence-corrected chi connectivity index (χ4v) is 3.93. The van der Waals surface area contributed by atoms with E-state index in [1.807, 2.05) is 5.32 Å². The molecule has 0 unspecified atom stereocenters. The fourth-order valence-electron chi connectivity index (χ4n) is 3.43. The van der Waals surface area contributed by atoms with Crippen molar-refractivity contribution in [2.45, 2.75) is 6.92 Å². The van der Waals surface area contributed by atoms with Gasteiger partial charge in [-0.15, -0.1) is 0 Å². The number of carbonyl (C=O) groups excluding carboxylic acids is 1. The zero-order chi connectivity index (χ0) is 24.0. The summed E-state index contributed by atoms with van der Waals surface area (Å²) in [6.45, 7) is 1.52. The molecular formula is C23H11Cl2F5N2O. The van der Waals surface area contributed by atoms with Crippen LogP contribution in [0.5, 0.6) is 0 Å². The number of hydrogen-bond donors (Lipinski definition) is 1. The number of aromatic nitrogens is 1. The molecule has 4 aromatic rings. The number of para-hydroxylation sites is 1. The third-order valence-electron chi connectivity index (χ3n) is 5.00. The summed E-state index contributed by atoms with van der Waals surface area (Å²) in [7, 11) is 0. The van der Waals surface area contributed by atoms with Crippen molar-refractivity contribution in [3.05, 3.63) is 92.7 Å². The first-order chi connectivity index (χ1) is 15.6. The number of fused-ring (bicyclic) bond motifs is 1. The second kappa shape index (κ2) is 8.61. The highest BCUT2D eigenvalue weighted by Crippen LogP contribution is 2.36. The molecule has 1 amide bonds. The van der Waals surface area contributed by atoms with Gasteiger partial charge in [-0.3, -0.25) is 4.79 Å². The monoisotopic (exact) mass is 496 g/mol. The molecule has 1 N–H and O–H groups in total. The number of nitrogens with zero attached hydrogens (tertiary/aromatic N) is 1. The number of rotatable bonds is 3. The average Bonchev–Trinajstić information content (AvgIpc) is 2.79. The Morgan fingerprint density at radius 2 is 1.48 bits per heavy atom. The molecule has 0 aliphatic rings. The molecule has 10 heteroatoms. The van der Waals surface area contributed by atoms with Crippen molar-refractivity contribution in [1.82, 2.24) is 4.98 Å². The van der Waals surface area contributed by atoms with E-state index in [2.05, 4.69) is 4.98 Å². The Bertz CT molecular complexity index is 1430. The Labute approximate surface area is 193 Å². The van der Waals surface area contributed by atoms with Crippen LogP contribution in [0.2, 0.25) is 10.0 Å². The van der Waals surface area contributed by atoms with Crippen LogP contribution in [0.15, 0.2) is 42.5 Å². The Morgan fingerprint density at radius 3 is 2.12 bits per heavy atom. The Morgan fingerprint density at radius 1 is 0.879 bits per heavy atom. The van der Waals surface area contributed by atoms with Gasteiger partial charge in [-0.05, 0) is 36.8 Å². The summed E-state index contributed by atoms with van der Waals surface area (Å²) in [6, 6.07) is 11.0. The molecule has 3 aromatic carbocycles. The van der Waals surface area contributed by atoms with E-state index in [1.54, 1.807) is 30.3 Å². The Kier molecular flexibility index (Phi) is 5.99. The van der Waals surface area contributed by atoms with Crippen molar-refractivity contribution in [1.29, 1.82) is 0 Å². The highest BCUT2D eigenvalue weighted by Gasteiger charge is 2.28. The molecule has 0 aliphatic carbocycles. The van der Waals surface area contributed by atoms with Crippen LogP contribution in [-0.2, 0) is 0 Å². The summed E-state index contributed by atoms with van der Waals surface area (Å²) in [5.41, 5.74) is -0.230. The third-order valence-corrected chi connectivity index (χ3v) is 5.55. The summed E-state index contributed by atoms with van der Waals surface area (Å²) < 4.78 is 68.9. The average molecular weight is 497 g/mol. The summed E-state index contributed by atoms with van der Waals surface area (Å²) in [6.07, 6.45) is 0. The summed E-state index contributed by atoms with van der Waals surface area (Å²) in [4.78, 5) is 17.7. The first kappa shape index (κ1) is 22.9. The second-order valence-electron chi connectivity index (χ2n) is 7.00. The predicted octanol–water partition coefficient (Wildman–Crippen LogP) is 7.46. The lowest BCUT2D eigenvalue weighted by Gasteiger charge is -2.16. The van der Waals surface area contributed by atoms with Gasteiger partial charge >= 0.3 is 0 Å². The SMILES string of the molecule is Cc1c(-c2ccc(Cl)cc2Cl)nc2ccccc2c1C(=O)Nc1c(F)c(F)c(F)c(F)c1F. The number of halogens is 7. The van der Waals surface area contributed by atoms with Crippen LogP contribution in [0.25, 0.3) is 22.2 Å². The molecule has 0 aliphatic heterocycles. The summed E-state index contributed by atoms with van der Waals surface area (Å²) >= 11 is 12.2. The number of benzene rings is 3. The van der Waals surface area contributed by atoms with Crippen molar-refractivity contribution in [3.63, 3.8) is 0 Å². The Balaban J connectivity index is 1.93. The summed E-state index contributed by atoms with van der Waals surface area (Å²) in [5.74, 6) is -12.1. The van der Waals surface area contributed by atoms with Crippen LogP contribution < -0.4 is 5.32 Å². The minimum atomic E-state index is -2.33. The number of carbonyl (C=O) groups is 1. The molecule has 0 saturated heterocycles. The maximum atomic E-state index is 14.2. The van der Waals surface area contributed by atoms with Gasteiger partial charge in [-0.25, -0.2) is 26.9 Å². The molecule has 168 valence electrons. The molecule has 0 bridgehead atoms. The first-order valence-corrected chi connectivity index (χ1v) is 10.0. The normalized spacial score (nSPS) is 11.2. The van der Waals surface area contributed by atoms with Gasteiger partial charge in [0.2, 0.25) is 5.82 Å². The van der Waals surface area contributed by atoms with Crippen molar-refractivity contribution in [2.24, 2.45) is 0 Å². The van der Waals surface area contributed by atoms with Crippen molar-refractivity contribution in [2.75, 3.05) is 5.32 Å². The van der Waals surface area contributed by atoms with E-state index in [4.69, 9.17) is 23.2 Å². The molecule has 0 spiro atoms. The minimum Gasteiger partial charge on any atom is -0.317 e. The van der Waals surface area contributed by atoms with Gasteiger partial charge in [0, 0.05) is 16.0 Å². The van der Waals surface area contributed by atoms with Crippen molar-refractivity contribution in [3.8, 4) is 11.3 Å². The zero-order valence-electron chi connectivity index (χ0n) is 16.5. The molecule has 33 heavy (non-hydrogen) atoms. The van der Waals surface area contributed by atoms with Gasteiger partial charge in [0.1, 0.15) is 5.69 Å². The maximum Gasteiger partial charge on any atom is 0.256 e. The number of nitrogens with one attached hydrogen (secondary N) is 1. The van der Waals surface area contributed by atoms with Gasteiger partial charge in [-0.2, -0.15) is 0 Å². The third kappa shape index (κ3) is 3.89. The lowest BCUT2D eigenvalue weighted by molar-refractivity contribution is 0.102. The van der Waals surface area contributed by atoms with E-state index in [0.717, 1.165) is 0 Å². The van der Waals surface area contributed by atoms with Crippen LogP contribution in [0.1, 0.15) is 15.9 Å². The zero-order valence-corrected chi connectivity index (χ0v) is 18.1. The van der Waals surface area contributed by atoms with Crippen LogP contribution in [0, 0.1) is 36.0 Å². The van der Waals surface area contributed by atoms with E-state index in [0.29, 0.717) is 21.5 Å². The second-order valence-corrected chi connectivity index (χ2v) is 7.84. The van der Waals surface area contributed by atoms with Crippen LogP contribution in [-0.4, -0.2) is 10.9 Å². The number of hydrogen-bond acceptors (Lipinski definition) is 2.